The average molecular weight is 352 g/mol. The van der Waals surface area contributed by atoms with Crippen LogP contribution < -0.4 is 10.9 Å². The lowest BCUT2D eigenvalue weighted by molar-refractivity contribution is 0.0950. The number of hydrogen-bond acceptors (Lipinski definition) is 3. The van der Waals surface area contributed by atoms with Gasteiger partial charge in [-0.25, -0.2) is 9.37 Å². The second-order valence-electron chi connectivity index (χ2n) is 6.40. The summed E-state index contributed by atoms with van der Waals surface area (Å²) in [4.78, 5) is 30.7. The fourth-order valence-corrected chi connectivity index (χ4v) is 2.87. The molecular formula is C19H17FN4O2. The molecule has 2 heterocycles. The number of carbonyl (C=O) groups is 1. The highest BCUT2D eigenvalue weighted by atomic mass is 19.1. The van der Waals surface area contributed by atoms with Crippen molar-refractivity contribution in [1.82, 2.24) is 19.9 Å². The van der Waals surface area contributed by atoms with Gasteiger partial charge in [-0.3, -0.25) is 9.59 Å². The summed E-state index contributed by atoms with van der Waals surface area (Å²) >= 11 is 0. The summed E-state index contributed by atoms with van der Waals surface area (Å²) in [6.45, 7) is 0.172. The van der Waals surface area contributed by atoms with E-state index in [1.165, 1.54) is 18.5 Å². The van der Waals surface area contributed by atoms with Crippen molar-refractivity contribution in [3.63, 3.8) is 0 Å². The Morgan fingerprint density at radius 1 is 1.31 bits per heavy atom. The van der Waals surface area contributed by atoms with Crippen molar-refractivity contribution in [2.45, 2.75) is 25.3 Å². The first-order valence-corrected chi connectivity index (χ1v) is 8.39. The number of rotatable bonds is 5. The Morgan fingerprint density at radius 2 is 2.15 bits per heavy atom. The second kappa shape index (κ2) is 6.59. The SMILES string of the molecule is O=C(NCc1ccc(-n2ccnc2)c(F)c1)c1cc(C2CC2)[nH]c(=O)c1. The van der Waals surface area contributed by atoms with Gasteiger partial charge in [0.1, 0.15) is 5.82 Å². The third kappa shape index (κ3) is 3.42. The molecule has 0 unspecified atom stereocenters. The fourth-order valence-electron chi connectivity index (χ4n) is 2.87. The molecule has 1 amide bonds. The van der Waals surface area contributed by atoms with E-state index in [-0.39, 0.29) is 18.0 Å². The molecule has 1 aliphatic carbocycles. The van der Waals surface area contributed by atoms with Gasteiger partial charge in [0.15, 0.2) is 0 Å². The van der Waals surface area contributed by atoms with Crippen LogP contribution >= 0.6 is 0 Å². The number of carbonyl (C=O) groups excluding carboxylic acids is 1. The molecule has 1 aromatic carbocycles. The number of amides is 1. The van der Waals surface area contributed by atoms with Crippen molar-refractivity contribution >= 4 is 5.91 Å². The van der Waals surface area contributed by atoms with E-state index in [0.29, 0.717) is 22.7 Å². The predicted octanol–water partition coefficient (Wildman–Crippen LogP) is 2.51. The number of aromatic nitrogens is 3. The minimum Gasteiger partial charge on any atom is -0.348 e. The van der Waals surface area contributed by atoms with Crippen molar-refractivity contribution in [2.75, 3.05) is 0 Å². The number of aromatic amines is 1. The molecule has 0 aliphatic heterocycles. The normalized spacial score (nSPS) is 13.6. The van der Waals surface area contributed by atoms with Gasteiger partial charge in [0.2, 0.25) is 5.56 Å². The van der Waals surface area contributed by atoms with Gasteiger partial charge >= 0.3 is 0 Å². The molecule has 1 aliphatic rings. The van der Waals surface area contributed by atoms with E-state index in [0.717, 1.165) is 18.5 Å². The maximum atomic E-state index is 14.3. The highest BCUT2D eigenvalue weighted by Crippen LogP contribution is 2.38. The Labute approximate surface area is 148 Å². The zero-order valence-corrected chi connectivity index (χ0v) is 13.9. The maximum absolute atomic E-state index is 14.3. The summed E-state index contributed by atoms with van der Waals surface area (Å²) in [5, 5.41) is 2.73. The maximum Gasteiger partial charge on any atom is 0.251 e. The number of halogens is 1. The quantitative estimate of drug-likeness (QED) is 0.740. The number of hydrogen-bond donors (Lipinski definition) is 2. The van der Waals surface area contributed by atoms with Crippen LogP contribution in [-0.4, -0.2) is 20.4 Å². The van der Waals surface area contributed by atoms with E-state index >= 15 is 0 Å². The fraction of sp³-hybridized carbons (Fsp3) is 0.211. The van der Waals surface area contributed by atoms with Crippen LogP contribution in [0.2, 0.25) is 0 Å². The minimum absolute atomic E-state index is 0.172. The Kier molecular flexibility index (Phi) is 4.12. The van der Waals surface area contributed by atoms with Gasteiger partial charge < -0.3 is 14.9 Å². The van der Waals surface area contributed by atoms with E-state index in [9.17, 15) is 14.0 Å². The summed E-state index contributed by atoms with van der Waals surface area (Å²) in [6, 6.07) is 7.76. The van der Waals surface area contributed by atoms with E-state index < -0.39 is 5.82 Å². The van der Waals surface area contributed by atoms with Crippen LogP contribution in [0.5, 0.6) is 0 Å². The van der Waals surface area contributed by atoms with Gasteiger partial charge in [-0.1, -0.05) is 6.07 Å². The molecule has 1 fully saturated rings. The zero-order chi connectivity index (χ0) is 18.1. The third-order valence-electron chi connectivity index (χ3n) is 4.39. The molecule has 0 spiro atoms. The van der Waals surface area contributed by atoms with Crippen LogP contribution in [0.25, 0.3) is 5.69 Å². The van der Waals surface area contributed by atoms with Crippen molar-refractivity contribution in [3.8, 4) is 5.69 Å². The smallest absolute Gasteiger partial charge is 0.251 e. The molecule has 0 radical (unpaired) electrons. The third-order valence-corrected chi connectivity index (χ3v) is 4.39. The Morgan fingerprint density at radius 3 is 2.85 bits per heavy atom. The van der Waals surface area contributed by atoms with Gasteiger partial charge in [0, 0.05) is 36.3 Å². The van der Waals surface area contributed by atoms with Crippen LogP contribution in [-0.2, 0) is 6.54 Å². The topological polar surface area (TPSA) is 79.8 Å². The van der Waals surface area contributed by atoms with Crippen molar-refractivity contribution in [1.29, 1.82) is 0 Å². The molecule has 1 saturated carbocycles. The molecule has 3 aromatic rings. The summed E-state index contributed by atoms with van der Waals surface area (Å²) in [5.74, 6) is -0.403. The molecule has 7 heteroatoms. The number of nitrogens with one attached hydrogen (secondary N) is 2. The first kappa shape index (κ1) is 16.3. The molecule has 0 saturated heterocycles. The number of H-pyrrole nitrogens is 1. The van der Waals surface area contributed by atoms with Crippen LogP contribution in [0, 0.1) is 5.82 Å². The standard InChI is InChI=1S/C19H17FN4O2/c20-15-7-12(1-4-17(15)24-6-5-21-11-24)10-22-19(26)14-8-16(13-2-3-13)23-18(25)9-14/h1,4-9,11,13H,2-3,10H2,(H,22,26)(H,23,25). The van der Waals surface area contributed by atoms with Crippen LogP contribution in [0.3, 0.4) is 0 Å². The first-order chi connectivity index (χ1) is 12.6. The van der Waals surface area contributed by atoms with Gasteiger partial charge in [-0.2, -0.15) is 0 Å². The summed E-state index contributed by atoms with van der Waals surface area (Å²) < 4.78 is 15.8. The molecule has 132 valence electrons. The number of pyridine rings is 1. The largest absolute Gasteiger partial charge is 0.348 e. The van der Waals surface area contributed by atoms with Crippen molar-refractivity contribution in [3.05, 3.63) is 82.0 Å². The first-order valence-electron chi connectivity index (χ1n) is 8.39. The van der Waals surface area contributed by atoms with Gasteiger partial charge in [-0.05, 0) is 42.5 Å². The number of benzene rings is 1. The summed E-state index contributed by atoms with van der Waals surface area (Å²) in [7, 11) is 0. The van der Waals surface area contributed by atoms with Gasteiger partial charge in [-0.15, -0.1) is 0 Å². The lowest BCUT2D eigenvalue weighted by atomic mass is 10.1. The molecule has 0 atom stereocenters. The van der Waals surface area contributed by atoms with E-state index in [1.54, 1.807) is 35.2 Å². The Bertz CT molecular complexity index is 1010. The molecule has 4 rings (SSSR count). The highest BCUT2D eigenvalue weighted by Gasteiger charge is 2.25. The molecular weight excluding hydrogens is 335 g/mol. The molecule has 26 heavy (non-hydrogen) atoms. The van der Waals surface area contributed by atoms with Gasteiger partial charge in [0.25, 0.3) is 5.91 Å². The summed E-state index contributed by atoms with van der Waals surface area (Å²) in [6.07, 6.45) is 6.81. The predicted molar refractivity (Wildman–Crippen MR) is 93.7 cm³/mol. The minimum atomic E-state index is -0.401. The Balaban J connectivity index is 1.46. The van der Waals surface area contributed by atoms with E-state index in [2.05, 4.69) is 15.3 Å². The van der Waals surface area contributed by atoms with Crippen molar-refractivity contribution < 1.29 is 9.18 Å². The monoisotopic (exact) mass is 352 g/mol. The lowest BCUT2D eigenvalue weighted by Gasteiger charge is -2.09. The van der Waals surface area contributed by atoms with Crippen LogP contribution in [0.4, 0.5) is 4.39 Å². The van der Waals surface area contributed by atoms with Crippen LogP contribution in [0.15, 0.2) is 53.8 Å². The van der Waals surface area contributed by atoms with Crippen molar-refractivity contribution in [2.24, 2.45) is 0 Å². The Hall–Kier alpha value is -3.22. The molecule has 6 nitrogen and oxygen atoms in total. The number of imidazole rings is 1. The number of nitrogens with zero attached hydrogens (tertiary/aromatic N) is 2. The average Bonchev–Trinajstić information content (AvgIpc) is 3.35. The molecule has 2 aromatic heterocycles. The second-order valence-corrected chi connectivity index (χ2v) is 6.40. The summed E-state index contributed by atoms with van der Waals surface area (Å²) in [5.41, 5.74) is 1.87. The molecule has 0 bridgehead atoms. The van der Waals surface area contributed by atoms with E-state index in [4.69, 9.17) is 0 Å². The van der Waals surface area contributed by atoms with Gasteiger partial charge in [0.05, 0.1) is 12.0 Å². The van der Waals surface area contributed by atoms with E-state index in [1.807, 2.05) is 0 Å². The lowest BCUT2D eigenvalue weighted by Crippen LogP contribution is -2.25. The highest BCUT2D eigenvalue weighted by molar-refractivity contribution is 5.94. The molecule has 2 N–H and O–H groups in total. The van der Waals surface area contributed by atoms with Crippen LogP contribution in [0.1, 0.15) is 40.4 Å². The zero-order valence-electron chi connectivity index (χ0n) is 13.9.